The topological polar surface area (TPSA) is 41.1 Å². The van der Waals surface area contributed by atoms with E-state index in [0.717, 1.165) is 0 Å². The van der Waals surface area contributed by atoms with Crippen LogP contribution in [0.4, 0.5) is 13.2 Å². The lowest BCUT2D eigenvalue weighted by molar-refractivity contribution is -0.160. The Hall–Kier alpha value is -1.27. The molecule has 1 aliphatic rings. The molecular formula is C12H12ClF3N2O. The molecule has 0 unspecified atom stereocenters. The van der Waals surface area contributed by atoms with E-state index >= 15 is 0 Å². The van der Waals surface area contributed by atoms with Gasteiger partial charge in [-0.05, 0) is 24.5 Å². The van der Waals surface area contributed by atoms with Crippen molar-refractivity contribution < 1.29 is 18.0 Å². The Labute approximate surface area is 113 Å². The van der Waals surface area contributed by atoms with Crippen LogP contribution < -0.4 is 10.9 Å². The molecule has 1 aromatic carbocycles. The second kappa shape index (κ2) is 4.68. The van der Waals surface area contributed by atoms with E-state index in [-0.39, 0.29) is 29.0 Å². The lowest BCUT2D eigenvalue weighted by Crippen LogP contribution is -2.37. The number of halogens is 4. The summed E-state index contributed by atoms with van der Waals surface area (Å²) < 4.78 is 39.5. The zero-order chi connectivity index (χ0) is 14.3. The van der Waals surface area contributed by atoms with Crippen molar-refractivity contribution in [3.63, 3.8) is 0 Å². The number of hydrogen-bond acceptors (Lipinski definition) is 2. The van der Waals surface area contributed by atoms with Gasteiger partial charge >= 0.3 is 6.18 Å². The third kappa shape index (κ3) is 2.30. The van der Waals surface area contributed by atoms with Gasteiger partial charge in [0.05, 0.1) is 16.0 Å². The minimum Gasteiger partial charge on any atom is -0.288 e. The van der Waals surface area contributed by atoms with Crippen LogP contribution in [-0.4, -0.2) is 19.1 Å². The molecule has 2 N–H and O–H groups in total. The van der Waals surface area contributed by atoms with Crippen LogP contribution in [0, 0.1) is 0 Å². The summed E-state index contributed by atoms with van der Waals surface area (Å²) in [4.78, 5) is 11.9. The fourth-order valence-electron chi connectivity index (χ4n) is 2.16. The highest BCUT2D eigenvalue weighted by Gasteiger charge is 2.65. The van der Waals surface area contributed by atoms with Gasteiger partial charge < -0.3 is 0 Å². The van der Waals surface area contributed by atoms with Crippen LogP contribution in [0.3, 0.4) is 0 Å². The number of carbonyl (C=O) groups excluding carboxylic acids is 1. The van der Waals surface area contributed by atoms with Crippen LogP contribution in [0.2, 0.25) is 5.02 Å². The molecule has 0 atom stereocenters. The number of nitrogens with one attached hydrogen (secondary N) is 2. The number of hydrazine groups is 1. The molecule has 0 heterocycles. The first-order valence-electron chi connectivity index (χ1n) is 5.66. The number of alkyl halides is 3. The molecule has 7 heteroatoms. The molecule has 19 heavy (non-hydrogen) atoms. The van der Waals surface area contributed by atoms with Crippen LogP contribution in [0.25, 0.3) is 0 Å². The number of benzene rings is 1. The fourth-order valence-corrected chi connectivity index (χ4v) is 2.42. The molecule has 1 aliphatic carbocycles. The molecule has 1 fully saturated rings. The summed E-state index contributed by atoms with van der Waals surface area (Å²) in [5.41, 5.74) is 2.54. The molecule has 104 valence electrons. The van der Waals surface area contributed by atoms with E-state index in [9.17, 15) is 18.0 Å². The van der Waals surface area contributed by atoms with Crippen molar-refractivity contribution in [3.05, 3.63) is 34.3 Å². The summed E-state index contributed by atoms with van der Waals surface area (Å²) in [5.74, 6) is -0.668. The van der Waals surface area contributed by atoms with Gasteiger partial charge in [-0.15, -0.1) is 0 Å². The Morgan fingerprint density at radius 1 is 1.37 bits per heavy atom. The molecule has 1 saturated carbocycles. The van der Waals surface area contributed by atoms with Gasteiger partial charge in [0.1, 0.15) is 0 Å². The lowest BCUT2D eigenvalue weighted by atomic mass is 9.90. The number of hydrogen-bond donors (Lipinski definition) is 2. The largest absolute Gasteiger partial charge is 0.398 e. The Bertz CT molecular complexity index is 512. The van der Waals surface area contributed by atoms with Gasteiger partial charge in [-0.25, -0.2) is 5.43 Å². The highest BCUT2D eigenvalue weighted by atomic mass is 35.5. The summed E-state index contributed by atoms with van der Waals surface area (Å²) in [5, 5.41) is 0.0146. The molecule has 0 aliphatic heterocycles. The number of carbonyl (C=O) groups is 1. The number of rotatable bonds is 3. The summed E-state index contributed by atoms with van der Waals surface area (Å²) in [7, 11) is 1.45. The Kier molecular flexibility index (Phi) is 3.49. The molecule has 1 aromatic rings. The summed E-state index contributed by atoms with van der Waals surface area (Å²) in [6.45, 7) is 0. The summed E-state index contributed by atoms with van der Waals surface area (Å²) >= 11 is 5.89. The standard InChI is InChI=1S/C12H12ClF3N2O/c1-17-18-10(19)9-7(3-2-4-8(9)13)11(5-6-11)12(14,15)16/h2-4,17H,5-6H2,1H3,(H,18,19). The maximum atomic E-state index is 13.2. The third-order valence-corrected chi connectivity index (χ3v) is 3.60. The minimum atomic E-state index is -4.38. The van der Waals surface area contributed by atoms with E-state index in [1.807, 2.05) is 0 Å². The van der Waals surface area contributed by atoms with Gasteiger partial charge in [0.25, 0.3) is 5.91 Å². The van der Waals surface area contributed by atoms with Crippen LogP contribution in [-0.2, 0) is 5.41 Å². The van der Waals surface area contributed by atoms with Crippen LogP contribution in [0.15, 0.2) is 18.2 Å². The lowest BCUT2D eigenvalue weighted by Gasteiger charge is -2.22. The quantitative estimate of drug-likeness (QED) is 0.841. The van der Waals surface area contributed by atoms with Gasteiger partial charge in [0.2, 0.25) is 0 Å². The SMILES string of the molecule is CNNC(=O)c1c(Cl)cccc1C1(C(F)(F)F)CC1. The monoisotopic (exact) mass is 292 g/mol. The van der Waals surface area contributed by atoms with E-state index in [0.29, 0.717) is 0 Å². The molecule has 0 spiro atoms. The zero-order valence-electron chi connectivity index (χ0n) is 10.1. The predicted molar refractivity (Wildman–Crippen MR) is 64.9 cm³/mol. The maximum absolute atomic E-state index is 13.2. The van der Waals surface area contributed by atoms with Crippen molar-refractivity contribution in [2.45, 2.75) is 24.4 Å². The second-order valence-electron chi connectivity index (χ2n) is 4.45. The highest BCUT2D eigenvalue weighted by molar-refractivity contribution is 6.34. The van der Waals surface area contributed by atoms with Crippen molar-refractivity contribution in [1.29, 1.82) is 0 Å². The molecule has 0 saturated heterocycles. The van der Waals surface area contributed by atoms with Crippen LogP contribution in [0.1, 0.15) is 28.8 Å². The van der Waals surface area contributed by atoms with Crippen LogP contribution >= 0.6 is 11.6 Å². The van der Waals surface area contributed by atoms with Crippen molar-refractivity contribution >= 4 is 17.5 Å². The third-order valence-electron chi connectivity index (χ3n) is 3.29. The molecule has 2 rings (SSSR count). The Morgan fingerprint density at radius 2 is 2.00 bits per heavy atom. The van der Waals surface area contributed by atoms with E-state index in [4.69, 9.17) is 11.6 Å². The van der Waals surface area contributed by atoms with Gasteiger partial charge in [-0.2, -0.15) is 13.2 Å². The van der Waals surface area contributed by atoms with Crippen molar-refractivity contribution in [1.82, 2.24) is 10.9 Å². The van der Waals surface area contributed by atoms with E-state index in [1.165, 1.54) is 25.2 Å². The molecule has 0 aromatic heterocycles. The predicted octanol–water partition coefficient (Wildman–Crippen LogP) is 2.80. The molecular weight excluding hydrogens is 281 g/mol. The van der Waals surface area contributed by atoms with Gasteiger partial charge in [-0.1, -0.05) is 23.7 Å². The molecule has 0 bridgehead atoms. The smallest absolute Gasteiger partial charge is 0.288 e. The van der Waals surface area contributed by atoms with Gasteiger partial charge in [-0.3, -0.25) is 10.2 Å². The van der Waals surface area contributed by atoms with E-state index in [1.54, 1.807) is 0 Å². The molecule has 1 amide bonds. The summed E-state index contributed by atoms with van der Waals surface area (Å²) in [6.07, 6.45) is -4.42. The average Bonchev–Trinajstić information content (AvgIpc) is 3.08. The first kappa shape index (κ1) is 14.1. The highest BCUT2D eigenvalue weighted by Crippen LogP contribution is 2.60. The normalized spacial score (nSPS) is 17.1. The van der Waals surface area contributed by atoms with Gasteiger partial charge in [0.15, 0.2) is 0 Å². The first-order valence-corrected chi connectivity index (χ1v) is 6.04. The Morgan fingerprint density at radius 3 is 2.47 bits per heavy atom. The van der Waals surface area contributed by atoms with Crippen molar-refractivity contribution in [2.75, 3.05) is 7.05 Å². The van der Waals surface area contributed by atoms with Gasteiger partial charge in [0, 0.05) is 7.05 Å². The van der Waals surface area contributed by atoms with Crippen LogP contribution in [0.5, 0.6) is 0 Å². The maximum Gasteiger partial charge on any atom is 0.398 e. The summed E-state index contributed by atoms with van der Waals surface area (Å²) in [6, 6.07) is 4.15. The Balaban J connectivity index is 2.53. The van der Waals surface area contributed by atoms with Crippen molar-refractivity contribution in [2.24, 2.45) is 0 Å². The average molecular weight is 293 g/mol. The molecule has 0 radical (unpaired) electrons. The van der Waals surface area contributed by atoms with E-state index < -0.39 is 17.5 Å². The van der Waals surface area contributed by atoms with E-state index in [2.05, 4.69) is 10.9 Å². The fraction of sp³-hybridized carbons (Fsp3) is 0.417. The van der Waals surface area contributed by atoms with Crippen molar-refractivity contribution in [3.8, 4) is 0 Å². The molecule has 3 nitrogen and oxygen atoms in total. The first-order chi connectivity index (χ1) is 8.83. The zero-order valence-corrected chi connectivity index (χ0v) is 10.8. The number of amides is 1. The minimum absolute atomic E-state index is 0.0146. The second-order valence-corrected chi connectivity index (χ2v) is 4.85.